The first-order valence-corrected chi connectivity index (χ1v) is 7.84. The zero-order chi connectivity index (χ0) is 16.7. The molecule has 1 atom stereocenters. The highest BCUT2D eigenvalue weighted by Gasteiger charge is 2.11. The lowest BCUT2D eigenvalue weighted by Crippen LogP contribution is -2.32. The Hall–Kier alpha value is -2.50. The van der Waals surface area contributed by atoms with Gasteiger partial charge in [0.25, 0.3) is 5.91 Å². The third kappa shape index (κ3) is 5.02. The summed E-state index contributed by atoms with van der Waals surface area (Å²) in [5, 5.41) is 11.1. The van der Waals surface area contributed by atoms with Crippen LogP contribution in [0, 0.1) is 0 Å². The number of hydrogen-bond acceptors (Lipinski definition) is 5. The first-order chi connectivity index (χ1) is 11.1. The summed E-state index contributed by atoms with van der Waals surface area (Å²) in [5.41, 5.74) is 1.57. The van der Waals surface area contributed by atoms with Gasteiger partial charge < -0.3 is 10.2 Å². The third-order valence-corrected chi connectivity index (χ3v) is 3.75. The molecule has 0 radical (unpaired) electrons. The lowest BCUT2D eigenvalue weighted by molar-refractivity contribution is 0.0933. The second-order valence-corrected chi connectivity index (χ2v) is 5.59. The first kappa shape index (κ1) is 16.9. The third-order valence-electron chi connectivity index (χ3n) is 3.75. The quantitative estimate of drug-likeness (QED) is 0.847. The Bertz CT molecular complexity index is 615. The Morgan fingerprint density at radius 2 is 1.96 bits per heavy atom. The number of pyridine rings is 1. The van der Waals surface area contributed by atoms with Crippen LogP contribution in [0.15, 0.2) is 36.7 Å². The molecule has 2 heterocycles. The molecule has 0 aliphatic carbocycles. The van der Waals surface area contributed by atoms with E-state index in [1.165, 1.54) is 5.56 Å². The molecule has 1 unspecified atom stereocenters. The van der Waals surface area contributed by atoms with Crippen molar-refractivity contribution in [2.75, 3.05) is 18.5 Å². The van der Waals surface area contributed by atoms with Crippen molar-refractivity contribution in [3.63, 3.8) is 0 Å². The summed E-state index contributed by atoms with van der Waals surface area (Å²) >= 11 is 0. The first-order valence-electron chi connectivity index (χ1n) is 7.84. The van der Waals surface area contributed by atoms with Crippen molar-refractivity contribution in [2.45, 2.75) is 32.7 Å². The normalized spacial score (nSPS) is 11.8. The fraction of sp³-hybridized carbons (Fsp3) is 0.412. The molecular weight excluding hydrogens is 290 g/mol. The summed E-state index contributed by atoms with van der Waals surface area (Å²) in [5.74, 6) is 0.567. The van der Waals surface area contributed by atoms with Gasteiger partial charge in [0, 0.05) is 32.0 Å². The predicted octanol–water partition coefficient (Wildman–Crippen LogP) is 2.08. The highest BCUT2D eigenvalue weighted by Crippen LogP contribution is 2.09. The van der Waals surface area contributed by atoms with Gasteiger partial charge in [0.05, 0.1) is 0 Å². The molecule has 122 valence electrons. The van der Waals surface area contributed by atoms with Crippen LogP contribution >= 0.6 is 0 Å². The lowest BCUT2D eigenvalue weighted by Gasteiger charge is -2.17. The number of carbonyl (C=O) groups excluding carboxylic acids is 1. The number of nitrogens with zero attached hydrogens (tertiary/aromatic N) is 4. The van der Waals surface area contributed by atoms with Gasteiger partial charge in [-0.2, -0.15) is 0 Å². The van der Waals surface area contributed by atoms with Crippen LogP contribution < -0.4 is 10.2 Å². The number of anilines is 1. The summed E-state index contributed by atoms with van der Waals surface area (Å²) in [4.78, 5) is 18.0. The summed E-state index contributed by atoms with van der Waals surface area (Å²) in [7, 11) is 1.96. The van der Waals surface area contributed by atoms with E-state index < -0.39 is 0 Å². The zero-order valence-corrected chi connectivity index (χ0v) is 13.9. The van der Waals surface area contributed by atoms with Gasteiger partial charge >= 0.3 is 0 Å². The number of aromatic nitrogens is 3. The van der Waals surface area contributed by atoms with E-state index in [0.29, 0.717) is 5.69 Å². The van der Waals surface area contributed by atoms with Crippen LogP contribution in [0.4, 0.5) is 5.82 Å². The molecule has 0 aromatic carbocycles. The average molecular weight is 313 g/mol. The number of amides is 1. The van der Waals surface area contributed by atoms with Crippen molar-refractivity contribution in [1.82, 2.24) is 20.5 Å². The molecular formula is C17H23N5O. The number of carbonyl (C=O) groups is 1. The SMILES string of the molecule is CCC(C)NC(=O)c1ccc(N(C)CCc2ccncc2)nn1. The molecule has 0 saturated heterocycles. The van der Waals surface area contributed by atoms with Crippen LogP contribution in [-0.4, -0.2) is 40.7 Å². The summed E-state index contributed by atoms with van der Waals surface area (Å²) < 4.78 is 0. The van der Waals surface area contributed by atoms with Gasteiger partial charge in [-0.3, -0.25) is 9.78 Å². The van der Waals surface area contributed by atoms with Crippen molar-refractivity contribution in [3.8, 4) is 0 Å². The molecule has 0 spiro atoms. The Balaban J connectivity index is 1.92. The van der Waals surface area contributed by atoms with Gasteiger partial charge in [-0.25, -0.2) is 0 Å². The maximum absolute atomic E-state index is 12.0. The van der Waals surface area contributed by atoms with Crippen molar-refractivity contribution in [2.24, 2.45) is 0 Å². The van der Waals surface area contributed by atoms with Crippen LogP contribution in [0.5, 0.6) is 0 Å². The number of hydrogen-bond donors (Lipinski definition) is 1. The summed E-state index contributed by atoms with van der Waals surface area (Å²) in [6.45, 7) is 4.81. The summed E-state index contributed by atoms with van der Waals surface area (Å²) in [6, 6.07) is 7.67. The fourth-order valence-electron chi connectivity index (χ4n) is 2.01. The smallest absolute Gasteiger partial charge is 0.272 e. The molecule has 2 aromatic rings. The Morgan fingerprint density at radius 1 is 1.22 bits per heavy atom. The molecule has 2 aromatic heterocycles. The minimum atomic E-state index is -0.183. The van der Waals surface area contributed by atoms with Crippen molar-refractivity contribution >= 4 is 11.7 Å². The second kappa shape index (κ2) is 8.22. The van der Waals surface area contributed by atoms with Gasteiger partial charge in [-0.05, 0) is 49.6 Å². The molecule has 6 heteroatoms. The summed E-state index contributed by atoms with van der Waals surface area (Å²) in [6.07, 6.45) is 5.37. The number of rotatable bonds is 7. The molecule has 2 rings (SSSR count). The molecule has 0 fully saturated rings. The molecule has 0 aliphatic rings. The van der Waals surface area contributed by atoms with Crippen LogP contribution in [0.1, 0.15) is 36.3 Å². The van der Waals surface area contributed by atoms with Gasteiger partial charge in [-0.1, -0.05) is 6.92 Å². The molecule has 1 N–H and O–H groups in total. The highest BCUT2D eigenvalue weighted by atomic mass is 16.2. The van der Waals surface area contributed by atoms with Crippen LogP contribution in [0.3, 0.4) is 0 Å². The van der Waals surface area contributed by atoms with E-state index in [-0.39, 0.29) is 11.9 Å². The molecule has 23 heavy (non-hydrogen) atoms. The van der Waals surface area contributed by atoms with Gasteiger partial charge in [-0.15, -0.1) is 10.2 Å². The zero-order valence-electron chi connectivity index (χ0n) is 13.9. The minimum absolute atomic E-state index is 0.131. The van der Waals surface area contributed by atoms with Gasteiger partial charge in [0.1, 0.15) is 0 Å². The van der Waals surface area contributed by atoms with E-state index in [1.54, 1.807) is 18.5 Å². The fourth-order valence-corrected chi connectivity index (χ4v) is 2.01. The van der Waals surface area contributed by atoms with E-state index in [9.17, 15) is 4.79 Å². The Labute approximate surface area is 137 Å². The van der Waals surface area contributed by atoms with Crippen LogP contribution in [0.2, 0.25) is 0 Å². The molecule has 0 bridgehead atoms. The van der Waals surface area contributed by atoms with E-state index in [4.69, 9.17) is 0 Å². The average Bonchev–Trinajstić information content (AvgIpc) is 2.60. The largest absolute Gasteiger partial charge is 0.358 e. The number of nitrogens with one attached hydrogen (secondary N) is 1. The lowest BCUT2D eigenvalue weighted by atomic mass is 10.2. The van der Waals surface area contributed by atoms with Crippen molar-refractivity contribution in [1.29, 1.82) is 0 Å². The molecule has 0 saturated carbocycles. The van der Waals surface area contributed by atoms with Crippen LogP contribution in [0.25, 0.3) is 0 Å². The highest BCUT2D eigenvalue weighted by molar-refractivity contribution is 5.92. The van der Waals surface area contributed by atoms with E-state index in [2.05, 4.69) is 20.5 Å². The Kier molecular flexibility index (Phi) is 6.02. The van der Waals surface area contributed by atoms with Crippen molar-refractivity contribution in [3.05, 3.63) is 47.9 Å². The molecule has 0 aliphatic heterocycles. The van der Waals surface area contributed by atoms with Crippen molar-refractivity contribution < 1.29 is 4.79 Å². The van der Waals surface area contributed by atoms with E-state index in [0.717, 1.165) is 25.2 Å². The van der Waals surface area contributed by atoms with Gasteiger partial charge in [0.2, 0.25) is 0 Å². The van der Waals surface area contributed by atoms with Crippen LogP contribution in [-0.2, 0) is 6.42 Å². The van der Waals surface area contributed by atoms with E-state index >= 15 is 0 Å². The minimum Gasteiger partial charge on any atom is -0.358 e. The second-order valence-electron chi connectivity index (χ2n) is 5.59. The predicted molar refractivity (Wildman–Crippen MR) is 90.5 cm³/mol. The maximum Gasteiger partial charge on any atom is 0.272 e. The molecule has 1 amide bonds. The standard InChI is InChI=1S/C17H23N5O/c1-4-13(2)19-17(23)15-5-6-16(21-20-15)22(3)12-9-14-7-10-18-11-8-14/h5-8,10-11,13H,4,9,12H2,1-3H3,(H,19,23). The monoisotopic (exact) mass is 313 g/mol. The Morgan fingerprint density at radius 3 is 2.57 bits per heavy atom. The number of likely N-dealkylation sites (N-methyl/N-ethyl adjacent to an activating group) is 1. The van der Waals surface area contributed by atoms with E-state index in [1.807, 2.05) is 44.0 Å². The molecule has 6 nitrogen and oxygen atoms in total. The van der Waals surface area contributed by atoms with Gasteiger partial charge in [0.15, 0.2) is 11.5 Å². The topological polar surface area (TPSA) is 71.0 Å². The maximum atomic E-state index is 12.0.